The maximum atomic E-state index is 10.3. The summed E-state index contributed by atoms with van der Waals surface area (Å²) in [5, 5.41) is 10.3. The van der Waals surface area contributed by atoms with Crippen LogP contribution in [-0.4, -0.2) is 45.7 Å². The van der Waals surface area contributed by atoms with Crippen LogP contribution >= 0.6 is 0 Å². The second-order valence-corrected chi connectivity index (χ2v) is 13.6. The van der Waals surface area contributed by atoms with Crippen LogP contribution in [0, 0.1) is 11.8 Å². The van der Waals surface area contributed by atoms with E-state index in [2.05, 4.69) is 26.2 Å². The van der Waals surface area contributed by atoms with Crippen LogP contribution in [0.5, 0.6) is 5.75 Å². The van der Waals surface area contributed by atoms with Crippen molar-refractivity contribution in [2.45, 2.75) is 44.5 Å². The highest BCUT2D eigenvalue weighted by Crippen LogP contribution is 2.38. The SMILES string of the molecule is C=C[C@@H]1[C@H](O)[C@H](COCC[Si](C)(C)C)[C@H]1OCc1ccc(OC)cc1. The van der Waals surface area contributed by atoms with Crippen molar-refractivity contribution in [3.05, 3.63) is 42.5 Å². The molecule has 0 aromatic heterocycles. The molecule has 1 saturated carbocycles. The van der Waals surface area contributed by atoms with E-state index in [-0.39, 0.29) is 17.9 Å². The van der Waals surface area contributed by atoms with Crippen molar-refractivity contribution in [1.82, 2.24) is 0 Å². The van der Waals surface area contributed by atoms with Gasteiger partial charge in [-0.3, -0.25) is 0 Å². The van der Waals surface area contributed by atoms with Gasteiger partial charge < -0.3 is 19.3 Å². The molecule has 1 N–H and O–H groups in total. The molecule has 2 rings (SSSR count). The molecule has 0 amide bonds. The molecule has 0 saturated heterocycles. The molecule has 5 heteroatoms. The highest BCUT2D eigenvalue weighted by Gasteiger charge is 2.49. The van der Waals surface area contributed by atoms with E-state index < -0.39 is 14.2 Å². The summed E-state index contributed by atoms with van der Waals surface area (Å²) in [7, 11) is 0.567. The summed E-state index contributed by atoms with van der Waals surface area (Å²) in [6.45, 7) is 12.7. The third-order valence-corrected chi connectivity index (χ3v) is 6.52. The van der Waals surface area contributed by atoms with Crippen LogP contribution in [0.15, 0.2) is 36.9 Å². The maximum absolute atomic E-state index is 10.3. The molecule has 0 radical (unpaired) electrons. The highest BCUT2D eigenvalue weighted by molar-refractivity contribution is 6.76. The molecule has 0 heterocycles. The topological polar surface area (TPSA) is 47.9 Å². The zero-order chi connectivity index (χ0) is 18.4. The average molecular weight is 365 g/mol. The normalized spacial score (nSPS) is 26.1. The first-order chi connectivity index (χ1) is 11.9. The second-order valence-electron chi connectivity index (χ2n) is 7.98. The number of ether oxygens (including phenoxy) is 3. The molecule has 1 aliphatic carbocycles. The summed E-state index contributed by atoms with van der Waals surface area (Å²) in [6, 6.07) is 8.98. The predicted octanol–water partition coefficient (Wildman–Crippen LogP) is 3.73. The van der Waals surface area contributed by atoms with Crippen molar-refractivity contribution < 1.29 is 19.3 Å². The minimum Gasteiger partial charge on any atom is -0.497 e. The first-order valence-corrected chi connectivity index (χ1v) is 12.7. The van der Waals surface area contributed by atoms with Gasteiger partial charge in [0.25, 0.3) is 0 Å². The number of aliphatic hydroxyl groups is 1. The molecule has 0 spiro atoms. The fourth-order valence-electron chi connectivity index (χ4n) is 3.03. The van der Waals surface area contributed by atoms with E-state index in [1.807, 2.05) is 24.3 Å². The monoisotopic (exact) mass is 364 g/mol. The van der Waals surface area contributed by atoms with Crippen LogP contribution < -0.4 is 4.74 Å². The predicted molar refractivity (Wildman–Crippen MR) is 104 cm³/mol. The molecular weight excluding hydrogens is 332 g/mol. The molecule has 1 fully saturated rings. The van der Waals surface area contributed by atoms with Gasteiger partial charge in [0.1, 0.15) is 5.75 Å². The third kappa shape index (κ3) is 5.68. The Labute approximate surface area is 152 Å². The van der Waals surface area contributed by atoms with Crippen LogP contribution in [0.1, 0.15) is 5.56 Å². The van der Waals surface area contributed by atoms with Crippen molar-refractivity contribution in [3.63, 3.8) is 0 Å². The molecule has 4 atom stereocenters. The molecule has 1 aliphatic rings. The summed E-state index contributed by atoms with van der Waals surface area (Å²) >= 11 is 0. The van der Waals surface area contributed by atoms with Crippen LogP contribution in [0.3, 0.4) is 0 Å². The summed E-state index contributed by atoms with van der Waals surface area (Å²) in [4.78, 5) is 0. The van der Waals surface area contributed by atoms with Crippen molar-refractivity contribution in [2.24, 2.45) is 11.8 Å². The molecule has 0 aliphatic heterocycles. The van der Waals surface area contributed by atoms with Gasteiger partial charge in [-0.05, 0) is 23.7 Å². The van der Waals surface area contributed by atoms with Crippen molar-refractivity contribution in [1.29, 1.82) is 0 Å². The molecule has 0 bridgehead atoms. The van der Waals surface area contributed by atoms with Crippen molar-refractivity contribution >= 4 is 8.07 Å². The maximum Gasteiger partial charge on any atom is 0.118 e. The summed E-state index contributed by atoms with van der Waals surface area (Å²) < 4.78 is 17.1. The van der Waals surface area contributed by atoms with E-state index in [1.165, 1.54) is 0 Å². The Kier molecular flexibility index (Phi) is 7.25. The van der Waals surface area contributed by atoms with Crippen LogP contribution in [0.4, 0.5) is 0 Å². The van der Waals surface area contributed by atoms with Gasteiger partial charge in [-0.25, -0.2) is 0 Å². The lowest BCUT2D eigenvalue weighted by atomic mass is 9.69. The zero-order valence-corrected chi connectivity index (χ0v) is 16.9. The quantitative estimate of drug-likeness (QED) is 0.390. The Balaban J connectivity index is 1.83. The molecule has 140 valence electrons. The van der Waals surface area contributed by atoms with E-state index in [1.54, 1.807) is 13.2 Å². The van der Waals surface area contributed by atoms with Gasteiger partial charge in [-0.1, -0.05) is 37.8 Å². The average Bonchev–Trinajstić information content (AvgIpc) is 2.57. The minimum absolute atomic E-state index is 0.0166. The first kappa shape index (κ1) is 20.2. The van der Waals surface area contributed by atoms with Crippen molar-refractivity contribution in [2.75, 3.05) is 20.3 Å². The third-order valence-electron chi connectivity index (χ3n) is 4.81. The number of hydrogen-bond acceptors (Lipinski definition) is 4. The number of hydrogen-bond donors (Lipinski definition) is 1. The van der Waals surface area contributed by atoms with Gasteiger partial charge >= 0.3 is 0 Å². The van der Waals surface area contributed by atoms with E-state index in [9.17, 15) is 5.11 Å². The first-order valence-electron chi connectivity index (χ1n) is 8.98. The molecule has 0 unspecified atom stereocenters. The Hall–Kier alpha value is -1.14. The Bertz CT molecular complexity index is 538. The van der Waals surface area contributed by atoms with E-state index in [0.717, 1.165) is 24.0 Å². The number of methoxy groups -OCH3 is 1. The second kappa shape index (κ2) is 8.99. The Morgan fingerprint density at radius 3 is 2.44 bits per heavy atom. The van der Waals surface area contributed by atoms with E-state index in [4.69, 9.17) is 14.2 Å². The van der Waals surface area contributed by atoms with Gasteiger partial charge in [-0.2, -0.15) is 0 Å². The van der Waals surface area contributed by atoms with Crippen LogP contribution in [0.2, 0.25) is 25.7 Å². The lowest BCUT2D eigenvalue weighted by Gasteiger charge is -2.47. The fraction of sp³-hybridized carbons (Fsp3) is 0.600. The van der Waals surface area contributed by atoms with Gasteiger partial charge in [0, 0.05) is 26.5 Å². The minimum atomic E-state index is -1.09. The lowest BCUT2D eigenvalue weighted by Crippen LogP contribution is -2.57. The van der Waals surface area contributed by atoms with Crippen LogP contribution in [-0.2, 0) is 16.1 Å². The molecule has 4 nitrogen and oxygen atoms in total. The largest absolute Gasteiger partial charge is 0.497 e. The summed E-state index contributed by atoms with van der Waals surface area (Å²) in [5.41, 5.74) is 1.09. The van der Waals surface area contributed by atoms with Gasteiger partial charge in [-0.15, -0.1) is 6.58 Å². The molecule has 1 aromatic rings. The molecule has 25 heavy (non-hydrogen) atoms. The fourth-order valence-corrected chi connectivity index (χ4v) is 3.78. The zero-order valence-electron chi connectivity index (χ0n) is 15.9. The van der Waals surface area contributed by atoms with E-state index in [0.29, 0.717) is 13.2 Å². The number of rotatable bonds is 10. The summed E-state index contributed by atoms with van der Waals surface area (Å²) in [6.07, 6.45) is 1.33. The number of benzene rings is 1. The highest BCUT2D eigenvalue weighted by atomic mass is 28.3. The van der Waals surface area contributed by atoms with Crippen molar-refractivity contribution in [3.8, 4) is 5.75 Å². The summed E-state index contributed by atoms with van der Waals surface area (Å²) in [5.74, 6) is 0.826. The van der Waals surface area contributed by atoms with Gasteiger partial charge in [0.15, 0.2) is 0 Å². The number of aliphatic hydroxyl groups excluding tert-OH is 1. The van der Waals surface area contributed by atoms with Gasteiger partial charge in [0.05, 0.1) is 32.5 Å². The van der Waals surface area contributed by atoms with E-state index >= 15 is 0 Å². The lowest BCUT2D eigenvalue weighted by molar-refractivity contribution is -0.183. The molecule has 1 aromatic carbocycles. The Morgan fingerprint density at radius 2 is 1.88 bits per heavy atom. The Morgan fingerprint density at radius 1 is 1.20 bits per heavy atom. The standard InChI is InChI=1S/C20H32O4Si/c1-6-17-19(21)18(14-23-11-12-25(3,4)5)20(17)24-13-15-7-9-16(22-2)10-8-15/h6-10,17-21H,1,11-14H2,2-5H3/t17-,18+,19+,20+/m1/s1. The van der Waals surface area contributed by atoms with Crippen LogP contribution in [0.25, 0.3) is 0 Å². The molecular formula is C20H32O4Si. The van der Waals surface area contributed by atoms with Gasteiger partial charge in [0.2, 0.25) is 0 Å². The smallest absolute Gasteiger partial charge is 0.118 e.